The highest BCUT2D eigenvalue weighted by Gasteiger charge is 2.33. The molecule has 2 aromatic carbocycles. The van der Waals surface area contributed by atoms with E-state index in [4.69, 9.17) is 12.8 Å². The van der Waals surface area contributed by atoms with Gasteiger partial charge in [0, 0.05) is 10.6 Å². The summed E-state index contributed by atoms with van der Waals surface area (Å²) >= 11 is 0. The monoisotopic (exact) mass is 650 g/mol. The van der Waals surface area contributed by atoms with Crippen molar-refractivity contribution in [3.8, 4) is 47.3 Å². The average molecular weight is 651 g/mol. The van der Waals surface area contributed by atoms with Crippen molar-refractivity contribution in [2.75, 3.05) is 0 Å². The Morgan fingerprint density at radius 2 is 0.609 bits per heavy atom. The number of benzene rings is 2. The summed E-state index contributed by atoms with van der Waals surface area (Å²) in [6, 6.07) is 9.47. The Bertz CT molecular complexity index is 1450. The van der Waals surface area contributed by atoms with Crippen molar-refractivity contribution in [2.45, 2.75) is 157 Å². The van der Waals surface area contributed by atoms with Crippen LogP contribution in [0.15, 0.2) is 24.3 Å². The van der Waals surface area contributed by atoms with E-state index in [1.54, 1.807) is 0 Å². The molecule has 0 heterocycles. The standard InChI is InChI=1S/C44H60P2/c1-21-45(37-33(41(9,10)11)27-31(39(3,4)5)28-34(37)42(12,13)14)25-23-24-26-46(22-2)38-35(43(15,16)17)29-32(40(6,7)8)30-36(38)44(18,19)20/h1-2,27-30H,3-20H3. The van der Waals surface area contributed by atoms with Crippen LogP contribution in [0.4, 0.5) is 0 Å². The van der Waals surface area contributed by atoms with Crippen LogP contribution < -0.4 is 10.6 Å². The summed E-state index contributed by atoms with van der Waals surface area (Å²) in [5, 5.41) is 2.42. The average Bonchev–Trinajstić information content (AvgIpc) is 2.86. The van der Waals surface area contributed by atoms with Crippen molar-refractivity contribution in [1.82, 2.24) is 0 Å². The summed E-state index contributed by atoms with van der Waals surface area (Å²) in [6.07, 6.45) is 12.6. The van der Waals surface area contributed by atoms with Crippen LogP contribution in [0.3, 0.4) is 0 Å². The summed E-state index contributed by atoms with van der Waals surface area (Å²) in [5.41, 5.74) is 20.6. The molecule has 0 bridgehead atoms. The predicted molar refractivity (Wildman–Crippen MR) is 211 cm³/mol. The highest BCUT2D eigenvalue weighted by molar-refractivity contribution is 7.75. The minimum Gasteiger partial charge on any atom is -0.114 e. The first-order chi connectivity index (χ1) is 20.5. The van der Waals surface area contributed by atoms with Crippen LogP contribution in [0.2, 0.25) is 0 Å². The third-order valence-electron chi connectivity index (χ3n) is 8.29. The number of hydrogen-bond acceptors (Lipinski definition) is 0. The fourth-order valence-electron chi connectivity index (χ4n) is 5.38. The van der Waals surface area contributed by atoms with Crippen molar-refractivity contribution in [2.24, 2.45) is 0 Å². The van der Waals surface area contributed by atoms with E-state index in [1.165, 1.54) is 44.0 Å². The second-order valence-corrected chi connectivity index (χ2v) is 21.9. The van der Waals surface area contributed by atoms with Crippen LogP contribution in [0.25, 0.3) is 0 Å². The lowest BCUT2D eigenvalue weighted by molar-refractivity contribution is 0.553. The molecule has 0 N–H and O–H groups in total. The molecule has 0 aliphatic carbocycles. The molecule has 0 spiro atoms. The smallest absolute Gasteiger partial charge is 0.0824 e. The van der Waals surface area contributed by atoms with Gasteiger partial charge in [0.05, 0.1) is 15.8 Å². The summed E-state index contributed by atoms with van der Waals surface area (Å²) < 4.78 is 0. The molecular weight excluding hydrogens is 590 g/mol. The SMILES string of the molecule is C#CP(C#CC#CP(C#C)c1c(C(C)(C)C)cc(C(C)(C)C)cc1C(C)(C)C)c1c(C(C)(C)C)cc(C(C)(C)C)cc1C(C)(C)C. The van der Waals surface area contributed by atoms with Crippen molar-refractivity contribution in [3.63, 3.8) is 0 Å². The van der Waals surface area contributed by atoms with Gasteiger partial charge in [-0.2, -0.15) is 0 Å². The lowest BCUT2D eigenvalue weighted by Crippen LogP contribution is -2.31. The fourth-order valence-corrected chi connectivity index (χ4v) is 8.89. The highest BCUT2D eigenvalue weighted by atomic mass is 31.1. The molecule has 2 unspecified atom stereocenters. The molecule has 2 atom stereocenters. The normalized spacial score (nSPS) is 14.2. The molecule has 0 saturated heterocycles. The van der Waals surface area contributed by atoms with Crippen LogP contribution in [-0.4, -0.2) is 0 Å². The van der Waals surface area contributed by atoms with E-state index in [1.807, 2.05) is 0 Å². The molecule has 0 saturated carbocycles. The lowest BCUT2D eigenvalue weighted by Gasteiger charge is -2.34. The maximum Gasteiger partial charge on any atom is 0.0824 e. The van der Waals surface area contributed by atoms with E-state index < -0.39 is 15.8 Å². The molecule has 0 fully saturated rings. The van der Waals surface area contributed by atoms with Crippen LogP contribution in [0.1, 0.15) is 158 Å². The van der Waals surface area contributed by atoms with E-state index in [0.717, 1.165) is 0 Å². The molecule has 0 aromatic heterocycles. The van der Waals surface area contributed by atoms with E-state index in [-0.39, 0.29) is 32.5 Å². The zero-order valence-electron chi connectivity index (χ0n) is 32.4. The van der Waals surface area contributed by atoms with Gasteiger partial charge >= 0.3 is 0 Å². The first-order valence-electron chi connectivity index (χ1n) is 16.5. The van der Waals surface area contributed by atoms with E-state index in [0.29, 0.717) is 0 Å². The molecule has 246 valence electrons. The molecule has 0 aliphatic rings. The molecule has 2 heteroatoms. The maximum atomic E-state index is 6.30. The first kappa shape index (κ1) is 39.7. The van der Waals surface area contributed by atoms with Crippen LogP contribution in [0.5, 0.6) is 0 Å². The summed E-state index contributed by atoms with van der Waals surface area (Å²) in [5.74, 6) is 6.44. The molecular formula is C44H60P2. The third kappa shape index (κ3) is 9.55. The minimum atomic E-state index is -1.21. The topological polar surface area (TPSA) is 0 Å². The van der Waals surface area contributed by atoms with Crippen LogP contribution in [0, 0.1) is 47.3 Å². The predicted octanol–water partition coefficient (Wildman–Crippen LogP) is 11.5. The second-order valence-electron chi connectivity index (χ2n) is 18.7. The van der Waals surface area contributed by atoms with Crippen molar-refractivity contribution in [3.05, 3.63) is 57.6 Å². The first-order valence-corrected chi connectivity index (χ1v) is 19.2. The van der Waals surface area contributed by atoms with Gasteiger partial charge < -0.3 is 0 Å². The van der Waals surface area contributed by atoms with Gasteiger partial charge in [0.15, 0.2) is 0 Å². The third-order valence-corrected chi connectivity index (χ3v) is 11.3. The molecule has 0 aliphatic heterocycles. The van der Waals surface area contributed by atoms with Gasteiger partial charge in [-0.25, -0.2) is 0 Å². The van der Waals surface area contributed by atoms with Gasteiger partial charge in [0.2, 0.25) is 0 Å². The fraction of sp³-hybridized carbons (Fsp3) is 0.545. The molecule has 2 rings (SSSR count). The van der Waals surface area contributed by atoms with Gasteiger partial charge in [-0.15, -0.1) is 12.8 Å². The zero-order valence-corrected chi connectivity index (χ0v) is 34.1. The summed E-state index contributed by atoms with van der Waals surface area (Å²) in [4.78, 5) is 0. The minimum absolute atomic E-state index is 0.0177. The molecule has 2 aromatic rings. The highest BCUT2D eigenvalue weighted by Crippen LogP contribution is 2.45. The van der Waals surface area contributed by atoms with Crippen LogP contribution >= 0.6 is 15.8 Å². The Kier molecular flexibility index (Phi) is 11.7. The van der Waals surface area contributed by atoms with Crippen LogP contribution in [-0.2, 0) is 32.5 Å². The molecule has 46 heavy (non-hydrogen) atoms. The quantitative estimate of drug-likeness (QED) is 0.224. The molecule has 0 amide bonds. The summed E-state index contributed by atoms with van der Waals surface area (Å²) in [7, 11) is -2.42. The Labute approximate surface area is 287 Å². The van der Waals surface area contributed by atoms with E-state index >= 15 is 0 Å². The van der Waals surface area contributed by atoms with Crippen molar-refractivity contribution >= 4 is 26.5 Å². The largest absolute Gasteiger partial charge is 0.114 e. The summed E-state index contributed by atoms with van der Waals surface area (Å²) in [6.45, 7) is 40.9. The van der Waals surface area contributed by atoms with Gasteiger partial charge in [-0.05, 0) is 89.0 Å². The van der Waals surface area contributed by atoms with Crippen molar-refractivity contribution in [1.29, 1.82) is 0 Å². The molecule has 0 nitrogen and oxygen atoms in total. The second kappa shape index (κ2) is 13.6. The number of rotatable bonds is 2. The Morgan fingerprint density at radius 3 is 0.761 bits per heavy atom. The lowest BCUT2D eigenvalue weighted by atomic mass is 9.75. The van der Waals surface area contributed by atoms with Gasteiger partial charge in [0.25, 0.3) is 0 Å². The van der Waals surface area contributed by atoms with E-state index in [2.05, 4.69) is 183 Å². The van der Waals surface area contributed by atoms with Gasteiger partial charge in [-0.1, -0.05) is 160 Å². The van der Waals surface area contributed by atoms with E-state index in [9.17, 15) is 0 Å². The number of terminal acetylenes is 2. The Balaban J connectivity index is 2.87. The molecule has 0 radical (unpaired) electrons. The van der Waals surface area contributed by atoms with Crippen molar-refractivity contribution < 1.29 is 0 Å². The zero-order chi connectivity index (χ0) is 35.8. The number of hydrogen-bond donors (Lipinski definition) is 0. The van der Waals surface area contributed by atoms with Gasteiger partial charge in [0.1, 0.15) is 0 Å². The maximum absolute atomic E-state index is 6.30. The Morgan fingerprint density at radius 1 is 0.391 bits per heavy atom. The Hall–Kier alpha value is -2.46. The van der Waals surface area contributed by atoms with Gasteiger partial charge in [-0.3, -0.25) is 0 Å².